The van der Waals surface area contributed by atoms with Gasteiger partial charge in [-0.3, -0.25) is 4.99 Å². The molecule has 0 bridgehead atoms. The number of hydrogen-bond donors (Lipinski definition) is 1. The Kier molecular flexibility index (Phi) is 7.89. The number of hydrogen-bond acceptors (Lipinski definition) is 3. The van der Waals surface area contributed by atoms with Gasteiger partial charge in [-0.1, -0.05) is 25.1 Å². The number of nitrogens with zero attached hydrogens (tertiary/aromatic N) is 2. The summed E-state index contributed by atoms with van der Waals surface area (Å²) in [4.78, 5) is 6.45. The van der Waals surface area contributed by atoms with Crippen molar-refractivity contribution in [1.29, 1.82) is 0 Å². The van der Waals surface area contributed by atoms with Gasteiger partial charge < -0.3 is 19.7 Å². The van der Waals surface area contributed by atoms with Gasteiger partial charge in [0.25, 0.3) is 0 Å². The zero-order valence-corrected chi connectivity index (χ0v) is 15.2. The second kappa shape index (κ2) is 10.2. The van der Waals surface area contributed by atoms with Gasteiger partial charge in [0.05, 0.1) is 13.2 Å². The van der Waals surface area contributed by atoms with E-state index in [9.17, 15) is 0 Å². The van der Waals surface area contributed by atoms with Gasteiger partial charge in [0, 0.05) is 27.2 Å². The normalized spacial score (nSPS) is 15.9. The van der Waals surface area contributed by atoms with Gasteiger partial charge >= 0.3 is 0 Å². The van der Waals surface area contributed by atoms with Gasteiger partial charge in [-0.05, 0) is 37.3 Å². The van der Waals surface area contributed by atoms with Gasteiger partial charge in [-0.2, -0.15) is 0 Å². The maximum Gasteiger partial charge on any atom is 0.193 e. The second-order valence-electron chi connectivity index (χ2n) is 6.33. The molecular weight excluding hydrogens is 302 g/mol. The molecule has 0 radical (unpaired) electrons. The largest absolute Gasteiger partial charge is 0.489 e. The van der Waals surface area contributed by atoms with Crippen LogP contribution in [0.25, 0.3) is 0 Å². The molecule has 0 amide bonds. The fourth-order valence-corrected chi connectivity index (χ4v) is 2.39. The van der Waals surface area contributed by atoms with Crippen molar-refractivity contribution in [3.63, 3.8) is 0 Å². The van der Waals surface area contributed by atoms with Crippen LogP contribution in [0, 0.1) is 5.92 Å². The molecule has 134 valence electrons. The van der Waals surface area contributed by atoms with Crippen LogP contribution < -0.4 is 10.1 Å². The van der Waals surface area contributed by atoms with E-state index in [2.05, 4.69) is 22.1 Å². The predicted octanol–water partition coefficient (Wildman–Crippen LogP) is 2.78. The van der Waals surface area contributed by atoms with E-state index in [0.29, 0.717) is 0 Å². The lowest BCUT2D eigenvalue weighted by Gasteiger charge is -2.24. The summed E-state index contributed by atoms with van der Waals surface area (Å²) in [6, 6.07) is 9.95. The van der Waals surface area contributed by atoms with Gasteiger partial charge in [-0.25, -0.2) is 0 Å². The Hall–Kier alpha value is -1.75. The third-order valence-corrected chi connectivity index (χ3v) is 4.18. The molecule has 1 aliphatic carbocycles. The zero-order valence-electron chi connectivity index (χ0n) is 15.2. The Labute approximate surface area is 146 Å². The highest BCUT2D eigenvalue weighted by molar-refractivity contribution is 5.79. The van der Waals surface area contributed by atoms with E-state index in [0.717, 1.165) is 50.4 Å². The Bertz CT molecular complexity index is 489. The molecule has 0 aromatic heterocycles. The van der Waals surface area contributed by atoms with Gasteiger partial charge in [0.2, 0.25) is 0 Å². The molecule has 1 aromatic carbocycles. The lowest BCUT2D eigenvalue weighted by atomic mass is 10.2. The quantitative estimate of drug-likeness (QED) is 0.406. The zero-order chi connectivity index (χ0) is 17.2. The van der Waals surface area contributed by atoms with E-state index in [-0.39, 0.29) is 6.10 Å². The number of para-hydroxylation sites is 1. The van der Waals surface area contributed by atoms with Crippen molar-refractivity contribution >= 4 is 5.96 Å². The van der Waals surface area contributed by atoms with Crippen LogP contribution in [-0.4, -0.2) is 57.4 Å². The van der Waals surface area contributed by atoms with Crippen LogP contribution in [0.1, 0.15) is 26.2 Å². The van der Waals surface area contributed by atoms with Gasteiger partial charge in [-0.15, -0.1) is 0 Å². The molecule has 0 heterocycles. The van der Waals surface area contributed by atoms with E-state index in [1.807, 2.05) is 44.4 Å². The molecule has 1 N–H and O–H groups in total. The van der Waals surface area contributed by atoms with E-state index in [1.165, 1.54) is 12.8 Å². The third-order valence-electron chi connectivity index (χ3n) is 4.18. The highest BCUT2D eigenvalue weighted by atomic mass is 16.5. The molecule has 0 saturated heterocycles. The number of likely N-dealkylation sites (N-methyl/N-ethyl adjacent to an activating group) is 1. The van der Waals surface area contributed by atoms with E-state index < -0.39 is 0 Å². The first-order valence-electron chi connectivity index (χ1n) is 8.94. The van der Waals surface area contributed by atoms with E-state index in [4.69, 9.17) is 9.47 Å². The van der Waals surface area contributed by atoms with Crippen LogP contribution in [0.15, 0.2) is 35.3 Å². The third kappa shape index (κ3) is 6.79. The Balaban J connectivity index is 1.69. The minimum atomic E-state index is 0.115. The summed E-state index contributed by atoms with van der Waals surface area (Å²) in [6.45, 7) is 5.34. The summed E-state index contributed by atoms with van der Waals surface area (Å²) in [5, 5.41) is 3.40. The molecule has 1 aliphatic rings. The highest BCUT2D eigenvalue weighted by Gasteiger charge is 2.21. The number of benzene rings is 1. The topological polar surface area (TPSA) is 46.1 Å². The first-order valence-corrected chi connectivity index (χ1v) is 8.94. The average Bonchev–Trinajstić information content (AvgIpc) is 3.43. The predicted molar refractivity (Wildman–Crippen MR) is 98.7 cm³/mol. The van der Waals surface area contributed by atoms with Crippen LogP contribution in [0.5, 0.6) is 5.75 Å². The summed E-state index contributed by atoms with van der Waals surface area (Å²) in [7, 11) is 3.84. The molecule has 1 saturated carbocycles. The van der Waals surface area contributed by atoms with Crippen molar-refractivity contribution in [3.8, 4) is 5.75 Å². The van der Waals surface area contributed by atoms with Crippen molar-refractivity contribution in [2.24, 2.45) is 10.9 Å². The maximum atomic E-state index is 6.01. The molecule has 5 heteroatoms. The molecule has 24 heavy (non-hydrogen) atoms. The van der Waals surface area contributed by atoms with Crippen molar-refractivity contribution in [1.82, 2.24) is 10.2 Å². The first-order chi connectivity index (χ1) is 11.7. The fraction of sp³-hybridized carbons (Fsp3) is 0.632. The van der Waals surface area contributed by atoms with Crippen LogP contribution in [0.4, 0.5) is 0 Å². The molecule has 0 spiro atoms. The van der Waals surface area contributed by atoms with Crippen molar-refractivity contribution in [2.75, 3.05) is 40.4 Å². The lowest BCUT2D eigenvalue weighted by molar-refractivity contribution is 0.115. The average molecular weight is 333 g/mol. The van der Waals surface area contributed by atoms with Crippen molar-refractivity contribution in [3.05, 3.63) is 30.3 Å². The number of aliphatic imine (C=N–C) groups is 1. The molecule has 1 fully saturated rings. The monoisotopic (exact) mass is 333 g/mol. The number of nitrogens with one attached hydrogen (secondary N) is 1. The highest BCUT2D eigenvalue weighted by Crippen LogP contribution is 2.28. The van der Waals surface area contributed by atoms with Crippen molar-refractivity contribution < 1.29 is 9.47 Å². The molecule has 2 rings (SSSR count). The molecule has 1 atom stereocenters. The molecular formula is C19H31N3O2. The number of ether oxygens (including phenoxy) is 2. The summed E-state index contributed by atoms with van der Waals surface area (Å²) in [5.41, 5.74) is 0. The standard InChI is InChI=1S/C19H31N3O2/c1-4-17(24-18-8-6-5-7-9-18)14-21-19(20-2)22(3)12-13-23-15-16-10-11-16/h5-9,16-17H,4,10-15H2,1-3H3,(H,20,21). The van der Waals surface area contributed by atoms with Crippen molar-refractivity contribution in [2.45, 2.75) is 32.3 Å². The van der Waals surface area contributed by atoms with Crippen LogP contribution in [0.2, 0.25) is 0 Å². The number of rotatable bonds is 10. The summed E-state index contributed by atoms with van der Waals surface area (Å²) in [5.74, 6) is 2.59. The lowest BCUT2D eigenvalue weighted by Crippen LogP contribution is -2.44. The first kappa shape index (κ1) is 18.6. The fourth-order valence-electron chi connectivity index (χ4n) is 2.39. The van der Waals surface area contributed by atoms with Crippen LogP contribution >= 0.6 is 0 Å². The molecule has 1 aromatic rings. The molecule has 0 aliphatic heterocycles. The molecule has 1 unspecified atom stereocenters. The SMILES string of the molecule is CCC(CNC(=NC)N(C)CCOCC1CC1)Oc1ccccc1. The van der Waals surface area contributed by atoms with Crippen LogP contribution in [0.3, 0.4) is 0 Å². The Morgan fingerprint density at radius 2 is 2.08 bits per heavy atom. The smallest absolute Gasteiger partial charge is 0.193 e. The summed E-state index contributed by atoms with van der Waals surface area (Å²) in [6.07, 6.45) is 3.72. The second-order valence-corrected chi connectivity index (χ2v) is 6.33. The summed E-state index contributed by atoms with van der Waals surface area (Å²) < 4.78 is 11.7. The Morgan fingerprint density at radius 1 is 1.33 bits per heavy atom. The molecule has 5 nitrogen and oxygen atoms in total. The van der Waals surface area contributed by atoms with E-state index in [1.54, 1.807) is 0 Å². The summed E-state index contributed by atoms with van der Waals surface area (Å²) >= 11 is 0. The minimum Gasteiger partial charge on any atom is -0.489 e. The number of guanidine groups is 1. The Morgan fingerprint density at radius 3 is 2.71 bits per heavy atom. The van der Waals surface area contributed by atoms with Gasteiger partial charge in [0.1, 0.15) is 11.9 Å². The van der Waals surface area contributed by atoms with E-state index >= 15 is 0 Å². The van der Waals surface area contributed by atoms with Gasteiger partial charge in [0.15, 0.2) is 5.96 Å². The van der Waals surface area contributed by atoms with Crippen LogP contribution in [-0.2, 0) is 4.74 Å². The minimum absolute atomic E-state index is 0.115. The maximum absolute atomic E-state index is 6.01.